The minimum Gasteiger partial charge on any atom is -0.351 e. The Balaban J connectivity index is 2.18. The summed E-state index contributed by atoms with van der Waals surface area (Å²) >= 11 is 5.84. The number of halogens is 1. The van der Waals surface area contributed by atoms with Crippen LogP contribution in [0.4, 0.5) is 11.6 Å². The van der Waals surface area contributed by atoms with Gasteiger partial charge in [-0.05, 0) is 43.7 Å². The van der Waals surface area contributed by atoms with Crippen molar-refractivity contribution in [3.8, 4) is 0 Å². The van der Waals surface area contributed by atoms with Crippen LogP contribution in [0.5, 0.6) is 0 Å². The summed E-state index contributed by atoms with van der Waals surface area (Å²) in [7, 11) is 0. The van der Waals surface area contributed by atoms with Crippen molar-refractivity contribution in [1.29, 1.82) is 0 Å². The fraction of sp³-hybridized carbons (Fsp3) is 0.267. The molecule has 1 aromatic heterocycles. The van der Waals surface area contributed by atoms with E-state index in [1.54, 1.807) is 18.2 Å². The number of hydrogen-bond donors (Lipinski definition) is 2. The Labute approximate surface area is 128 Å². The lowest BCUT2D eigenvalue weighted by Crippen LogP contribution is -2.25. The van der Waals surface area contributed by atoms with Crippen LogP contribution in [0.2, 0.25) is 5.02 Å². The standard InChI is InChI=1S/C15H17ClN4O/c1-3-8-17-14(21)13-9-10(2)18-15(20-13)19-12-6-4-11(16)5-7-12/h4-7,9H,3,8H2,1-2H3,(H,17,21)(H,18,19,20). The zero-order valence-corrected chi connectivity index (χ0v) is 12.7. The smallest absolute Gasteiger partial charge is 0.270 e. The molecule has 0 spiro atoms. The van der Waals surface area contributed by atoms with Crippen LogP contribution in [-0.2, 0) is 0 Å². The number of hydrogen-bond acceptors (Lipinski definition) is 4. The molecule has 6 heteroatoms. The first-order valence-corrected chi connectivity index (χ1v) is 7.12. The molecule has 0 bridgehead atoms. The molecule has 2 rings (SSSR count). The first-order chi connectivity index (χ1) is 10.1. The molecule has 0 unspecified atom stereocenters. The lowest BCUT2D eigenvalue weighted by atomic mass is 10.3. The molecule has 1 aromatic carbocycles. The van der Waals surface area contributed by atoms with Crippen LogP contribution in [0.3, 0.4) is 0 Å². The number of nitrogens with zero attached hydrogens (tertiary/aromatic N) is 2. The minimum atomic E-state index is -0.193. The molecule has 1 amide bonds. The van der Waals surface area contributed by atoms with Gasteiger partial charge in [-0.3, -0.25) is 4.79 Å². The van der Waals surface area contributed by atoms with Crippen molar-refractivity contribution in [3.05, 3.63) is 46.7 Å². The maximum Gasteiger partial charge on any atom is 0.270 e. The van der Waals surface area contributed by atoms with E-state index >= 15 is 0 Å². The molecule has 5 nitrogen and oxygen atoms in total. The number of aryl methyl sites for hydroxylation is 1. The van der Waals surface area contributed by atoms with Crippen molar-refractivity contribution in [2.45, 2.75) is 20.3 Å². The predicted molar refractivity (Wildman–Crippen MR) is 84.1 cm³/mol. The first-order valence-electron chi connectivity index (χ1n) is 6.75. The van der Waals surface area contributed by atoms with Crippen LogP contribution in [0.15, 0.2) is 30.3 Å². The van der Waals surface area contributed by atoms with Gasteiger partial charge in [0.25, 0.3) is 5.91 Å². The molecule has 0 saturated heterocycles. The van der Waals surface area contributed by atoms with E-state index in [4.69, 9.17) is 11.6 Å². The molecule has 0 radical (unpaired) electrons. The van der Waals surface area contributed by atoms with Crippen molar-refractivity contribution < 1.29 is 4.79 Å². The summed E-state index contributed by atoms with van der Waals surface area (Å²) in [5.41, 5.74) is 1.89. The van der Waals surface area contributed by atoms with Gasteiger partial charge in [0.15, 0.2) is 0 Å². The number of nitrogens with one attached hydrogen (secondary N) is 2. The second kappa shape index (κ2) is 7.04. The molecule has 0 atom stereocenters. The summed E-state index contributed by atoms with van der Waals surface area (Å²) < 4.78 is 0. The Morgan fingerprint density at radius 3 is 2.62 bits per heavy atom. The van der Waals surface area contributed by atoms with Gasteiger partial charge in [-0.25, -0.2) is 9.97 Å². The lowest BCUT2D eigenvalue weighted by Gasteiger charge is -2.08. The number of aromatic nitrogens is 2. The van der Waals surface area contributed by atoms with Crippen LogP contribution in [0.25, 0.3) is 0 Å². The van der Waals surface area contributed by atoms with Gasteiger partial charge in [0, 0.05) is 22.9 Å². The van der Waals surface area contributed by atoms with Crippen molar-refractivity contribution in [2.24, 2.45) is 0 Å². The molecule has 0 saturated carbocycles. The highest BCUT2D eigenvalue weighted by Gasteiger charge is 2.10. The monoisotopic (exact) mass is 304 g/mol. The highest BCUT2D eigenvalue weighted by atomic mass is 35.5. The van der Waals surface area contributed by atoms with Gasteiger partial charge in [0.2, 0.25) is 5.95 Å². The van der Waals surface area contributed by atoms with E-state index in [0.717, 1.165) is 17.8 Å². The van der Waals surface area contributed by atoms with Crippen molar-refractivity contribution in [2.75, 3.05) is 11.9 Å². The van der Waals surface area contributed by atoms with Crippen molar-refractivity contribution >= 4 is 29.1 Å². The highest BCUT2D eigenvalue weighted by molar-refractivity contribution is 6.30. The maximum atomic E-state index is 12.0. The van der Waals surface area contributed by atoms with Gasteiger partial charge in [-0.15, -0.1) is 0 Å². The second-order valence-corrected chi connectivity index (χ2v) is 5.04. The third kappa shape index (κ3) is 4.43. The molecule has 110 valence electrons. The number of carbonyl (C=O) groups is 1. The molecule has 0 aliphatic heterocycles. The van der Waals surface area contributed by atoms with E-state index < -0.39 is 0 Å². The fourth-order valence-corrected chi connectivity index (χ4v) is 1.86. The van der Waals surface area contributed by atoms with E-state index in [1.807, 2.05) is 26.0 Å². The Hall–Kier alpha value is -2.14. The van der Waals surface area contributed by atoms with Crippen LogP contribution < -0.4 is 10.6 Å². The first kappa shape index (κ1) is 15.3. The number of amides is 1. The summed E-state index contributed by atoms with van der Waals surface area (Å²) in [6, 6.07) is 8.86. The molecule has 0 aliphatic carbocycles. The SMILES string of the molecule is CCCNC(=O)c1cc(C)nc(Nc2ccc(Cl)cc2)n1. The number of anilines is 2. The van der Waals surface area contributed by atoms with Gasteiger partial charge in [0.05, 0.1) is 0 Å². The maximum absolute atomic E-state index is 12.0. The average Bonchev–Trinajstić information content (AvgIpc) is 2.46. The van der Waals surface area contributed by atoms with E-state index in [9.17, 15) is 4.79 Å². The van der Waals surface area contributed by atoms with E-state index in [1.165, 1.54) is 0 Å². The third-order valence-electron chi connectivity index (χ3n) is 2.72. The molecule has 21 heavy (non-hydrogen) atoms. The summed E-state index contributed by atoms with van der Waals surface area (Å²) in [6.07, 6.45) is 0.881. The van der Waals surface area contributed by atoms with Gasteiger partial charge < -0.3 is 10.6 Å². The van der Waals surface area contributed by atoms with Gasteiger partial charge >= 0.3 is 0 Å². The molecular weight excluding hydrogens is 288 g/mol. The zero-order valence-electron chi connectivity index (χ0n) is 12.0. The van der Waals surface area contributed by atoms with E-state index in [2.05, 4.69) is 20.6 Å². The number of carbonyl (C=O) groups excluding carboxylic acids is 1. The summed E-state index contributed by atoms with van der Waals surface area (Å²) in [5.74, 6) is 0.195. The van der Waals surface area contributed by atoms with Gasteiger partial charge in [-0.1, -0.05) is 18.5 Å². The molecule has 1 heterocycles. The Morgan fingerprint density at radius 1 is 1.24 bits per heavy atom. The summed E-state index contributed by atoms with van der Waals surface area (Å²) in [6.45, 7) is 4.45. The zero-order chi connectivity index (χ0) is 15.2. The number of rotatable bonds is 5. The van der Waals surface area contributed by atoms with Crippen LogP contribution in [0, 0.1) is 6.92 Å². The molecule has 2 aromatic rings. The van der Waals surface area contributed by atoms with Gasteiger partial charge in [0.1, 0.15) is 5.69 Å². The predicted octanol–water partition coefficient (Wildman–Crippen LogP) is 3.32. The minimum absolute atomic E-state index is 0.193. The molecule has 2 N–H and O–H groups in total. The Kier molecular flexibility index (Phi) is 5.11. The lowest BCUT2D eigenvalue weighted by molar-refractivity contribution is 0.0948. The topological polar surface area (TPSA) is 66.9 Å². The van der Waals surface area contributed by atoms with Gasteiger partial charge in [-0.2, -0.15) is 0 Å². The molecular formula is C15H17ClN4O. The largest absolute Gasteiger partial charge is 0.351 e. The fourth-order valence-electron chi connectivity index (χ4n) is 1.73. The van der Waals surface area contributed by atoms with E-state index in [0.29, 0.717) is 23.2 Å². The second-order valence-electron chi connectivity index (χ2n) is 4.61. The molecule has 0 fully saturated rings. The summed E-state index contributed by atoms with van der Waals surface area (Å²) in [5, 5.41) is 6.52. The Bertz CT molecular complexity index is 628. The van der Waals surface area contributed by atoms with Crippen LogP contribution >= 0.6 is 11.6 Å². The average molecular weight is 305 g/mol. The van der Waals surface area contributed by atoms with Crippen LogP contribution in [-0.4, -0.2) is 22.4 Å². The third-order valence-corrected chi connectivity index (χ3v) is 2.97. The van der Waals surface area contributed by atoms with Crippen LogP contribution in [0.1, 0.15) is 29.5 Å². The Morgan fingerprint density at radius 2 is 1.95 bits per heavy atom. The quantitative estimate of drug-likeness (QED) is 0.889. The highest BCUT2D eigenvalue weighted by Crippen LogP contribution is 2.17. The van der Waals surface area contributed by atoms with Crippen molar-refractivity contribution in [1.82, 2.24) is 15.3 Å². The summed E-state index contributed by atoms with van der Waals surface area (Å²) in [4.78, 5) is 20.5. The van der Waals surface area contributed by atoms with Crippen molar-refractivity contribution in [3.63, 3.8) is 0 Å². The molecule has 0 aliphatic rings. The normalized spacial score (nSPS) is 10.2. The number of benzene rings is 1. The van der Waals surface area contributed by atoms with E-state index in [-0.39, 0.29) is 5.91 Å².